The Morgan fingerprint density at radius 3 is 2.86 bits per heavy atom. The number of halogens is 1. The maximum Gasteiger partial charge on any atom is 0.119 e. The standard InChI is InChI=1S/C18H17ClOS/c1-2-10-20-14-7-5-6-13(11-14)18(19)16-12-21-17-9-4-3-8-15(16)17/h3-9,11-12,18H,2,10H2,1H3. The van der Waals surface area contributed by atoms with Crippen LogP contribution < -0.4 is 4.74 Å². The van der Waals surface area contributed by atoms with Gasteiger partial charge in [-0.15, -0.1) is 22.9 Å². The number of thiophene rings is 1. The molecule has 1 nitrogen and oxygen atoms in total. The SMILES string of the molecule is CCCOc1cccc(C(Cl)c2csc3ccccc23)c1. The molecular formula is C18H17ClOS. The second kappa shape index (κ2) is 6.50. The van der Waals surface area contributed by atoms with Crippen LogP contribution >= 0.6 is 22.9 Å². The van der Waals surface area contributed by atoms with E-state index in [1.807, 2.05) is 18.2 Å². The van der Waals surface area contributed by atoms with Crippen molar-refractivity contribution in [1.29, 1.82) is 0 Å². The molecule has 1 atom stereocenters. The van der Waals surface area contributed by atoms with Gasteiger partial charge >= 0.3 is 0 Å². The summed E-state index contributed by atoms with van der Waals surface area (Å²) in [7, 11) is 0. The molecule has 3 heteroatoms. The fourth-order valence-electron chi connectivity index (χ4n) is 2.36. The summed E-state index contributed by atoms with van der Waals surface area (Å²) in [6.45, 7) is 2.84. The van der Waals surface area contributed by atoms with E-state index in [0.717, 1.165) is 24.3 Å². The average molecular weight is 317 g/mol. The van der Waals surface area contributed by atoms with Crippen LogP contribution in [0.3, 0.4) is 0 Å². The molecule has 1 heterocycles. The first-order chi connectivity index (χ1) is 10.3. The number of ether oxygens (including phenoxy) is 1. The maximum absolute atomic E-state index is 6.71. The topological polar surface area (TPSA) is 9.23 Å². The van der Waals surface area contributed by atoms with Crippen molar-refractivity contribution >= 4 is 33.0 Å². The van der Waals surface area contributed by atoms with Crippen LogP contribution in [0.2, 0.25) is 0 Å². The van der Waals surface area contributed by atoms with Crippen LogP contribution in [-0.2, 0) is 0 Å². The lowest BCUT2D eigenvalue weighted by atomic mass is 10.0. The molecule has 0 aliphatic heterocycles. The molecule has 0 spiro atoms. The summed E-state index contributed by atoms with van der Waals surface area (Å²) in [6.07, 6.45) is 1.00. The first-order valence-corrected chi connectivity index (χ1v) is 8.44. The molecule has 3 aromatic rings. The molecule has 108 valence electrons. The Bertz CT molecular complexity index is 735. The lowest BCUT2D eigenvalue weighted by Gasteiger charge is -2.12. The molecule has 1 aromatic heterocycles. The van der Waals surface area contributed by atoms with Gasteiger partial charge in [-0.25, -0.2) is 0 Å². The van der Waals surface area contributed by atoms with Crippen LogP contribution in [0.15, 0.2) is 53.9 Å². The van der Waals surface area contributed by atoms with Gasteiger partial charge in [0, 0.05) is 4.70 Å². The van der Waals surface area contributed by atoms with E-state index in [1.165, 1.54) is 15.6 Å². The molecule has 2 aromatic carbocycles. The first-order valence-electron chi connectivity index (χ1n) is 7.12. The van der Waals surface area contributed by atoms with Crippen molar-refractivity contribution in [2.75, 3.05) is 6.61 Å². The minimum atomic E-state index is -0.147. The number of alkyl halides is 1. The normalized spacial score (nSPS) is 12.5. The third-order valence-electron chi connectivity index (χ3n) is 3.41. The van der Waals surface area contributed by atoms with E-state index in [-0.39, 0.29) is 5.38 Å². The fourth-order valence-corrected chi connectivity index (χ4v) is 3.73. The zero-order chi connectivity index (χ0) is 14.7. The number of benzene rings is 2. The van der Waals surface area contributed by atoms with Crippen LogP contribution in [0.25, 0.3) is 10.1 Å². The van der Waals surface area contributed by atoms with E-state index >= 15 is 0 Å². The van der Waals surface area contributed by atoms with Crippen molar-refractivity contribution in [1.82, 2.24) is 0 Å². The zero-order valence-corrected chi connectivity index (χ0v) is 13.5. The zero-order valence-electron chi connectivity index (χ0n) is 11.9. The van der Waals surface area contributed by atoms with Crippen LogP contribution in [0.4, 0.5) is 0 Å². The van der Waals surface area contributed by atoms with E-state index in [0.29, 0.717) is 0 Å². The van der Waals surface area contributed by atoms with E-state index < -0.39 is 0 Å². The van der Waals surface area contributed by atoms with Crippen molar-refractivity contribution in [3.05, 3.63) is 65.0 Å². The Labute approximate surface area is 134 Å². The van der Waals surface area contributed by atoms with Crippen molar-refractivity contribution in [2.45, 2.75) is 18.7 Å². The summed E-state index contributed by atoms with van der Waals surface area (Å²) in [6, 6.07) is 16.5. The van der Waals surface area contributed by atoms with Crippen molar-refractivity contribution in [2.24, 2.45) is 0 Å². The van der Waals surface area contributed by atoms with Crippen LogP contribution in [0.1, 0.15) is 29.8 Å². The summed E-state index contributed by atoms with van der Waals surface area (Å²) >= 11 is 8.45. The Kier molecular flexibility index (Phi) is 4.47. The Morgan fingerprint density at radius 2 is 2.00 bits per heavy atom. The van der Waals surface area contributed by atoms with Gasteiger partial charge in [-0.05, 0) is 46.5 Å². The molecule has 0 radical (unpaired) electrons. The quantitative estimate of drug-likeness (QED) is 0.523. The number of rotatable bonds is 5. The molecule has 0 aliphatic rings. The van der Waals surface area contributed by atoms with Crippen molar-refractivity contribution in [3.8, 4) is 5.75 Å². The lowest BCUT2D eigenvalue weighted by Crippen LogP contribution is -1.97. The molecule has 0 saturated carbocycles. The predicted molar refractivity (Wildman–Crippen MR) is 91.7 cm³/mol. The van der Waals surface area contributed by atoms with Gasteiger partial charge in [-0.2, -0.15) is 0 Å². The smallest absolute Gasteiger partial charge is 0.119 e. The van der Waals surface area contributed by atoms with E-state index in [9.17, 15) is 0 Å². The molecule has 0 aliphatic carbocycles. The van der Waals surface area contributed by atoms with Gasteiger partial charge < -0.3 is 4.74 Å². The molecule has 21 heavy (non-hydrogen) atoms. The molecular weight excluding hydrogens is 300 g/mol. The van der Waals surface area contributed by atoms with Gasteiger partial charge in [-0.3, -0.25) is 0 Å². The molecule has 0 fully saturated rings. The maximum atomic E-state index is 6.71. The Morgan fingerprint density at radius 1 is 1.14 bits per heavy atom. The van der Waals surface area contributed by atoms with E-state index in [2.05, 4.69) is 42.6 Å². The second-order valence-electron chi connectivity index (χ2n) is 4.97. The Hall–Kier alpha value is -1.51. The highest BCUT2D eigenvalue weighted by atomic mass is 35.5. The highest BCUT2D eigenvalue weighted by Crippen LogP contribution is 2.38. The minimum Gasteiger partial charge on any atom is -0.494 e. The summed E-state index contributed by atoms with van der Waals surface area (Å²) in [4.78, 5) is 0. The number of hydrogen-bond acceptors (Lipinski definition) is 2. The van der Waals surface area contributed by atoms with Gasteiger partial charge in [0.05, 0.1) is 12.0 Å². The molecule has 0 saturated heterocycles. The fraction of sp³-hybridized carbons (Fsp3) is 0.222. The minimum absolute atomic E-state index is 0.147. The molecule has 0 bridgehead atoms. The van der Waals surface area contributed by atoms with Crippen molar-refractivity contribution < 1.29 is 4.74 Å². The monoisotopic (exact) mass is 316 g/mol. The van der Waals surface area contributed by atoms with Gasteiger partial charge in [0.25, 0.3) is 0 Å². The molecule has 0 N–H and O–H groups in total. The number of hydrogen-bond donors (Lipinski definition) is 0. The highest BCUT2D eigenvalue weighted by molar-refractivity contribution is 7.17. The molecule has 3 rings (SSSR count). The largest absolute Gasteiger partial charge is 0.494 e. The second-order valence-corrected chi connectivity index (χ2v) is 6.32. The highest BCUT2D eigenvalue weighted by Gasteiger charge is 2.15. The van der Waals surface area contributed by atoms with Gasteiger partial charge in [0.15, 0.2) is 0 Å². The molecule has 0 amide bonds. The summed E-state index contributed by atoms with van der Waals surface area (Å²) < 4.78 is 6.97. The van der Waals surface area contributed by atoms with Crippen LogP contribution in [0.5, 0.6) is 5.75 Å². The first kappa shape index (κ1) is 14.4. The molecule has 1 unspecified atom stereocenters. The summed E-state index contributed by atoms with van der Waals surface area (Å²) in [5, 5.41) is 3.25. The van der Waals surface area contributed by atoms with Crippen molar-refractivity contribution in [3.63, 3.8) is 0 Å². The van der Waals surface area contributed by atoms with Crippen LogP contribution in [0, 0.1) is 0 Å². The van der Waals surface area contributed by atoms with Gasteiger partial charge in [-0.1, -0.05) is 37.3 Å². The summed E-state index contributed by atoms with van der Waals surface area (Å²) in [5.41, 5.74) is 2.25. The predicted octanol–water partition coefficient (Wildman–Crippen LogP) is 6.02. The third-order valence-corrected chi connectivity index (χ3v) is 4.88. The van der Waals surface area contributed by atoms with Gasteiger partial charge in [0.2, 0.25) is 0 Å². The summed E-state index contributed by atoms with van der Waals surface area (Å²) in [5.74, 6) is 0.888. The Balaban J connectivity index is 1.92. The number of fused-ring (bicyclic) bond motifs is 1. The van der Waals surface area contributed by atoms with Gasteiger partial charge in [0.1, 0.15) is 5.75 Å². The van der Waals surface area contributed by atoms with E-state index in [4.69, 9.17) is 16.3 Å². The average Bonchev–Trinajstić information content (AvgIpc) is 2.96. The van der Waals surface area contributed by atoms with E-state index in [1.54, 1.807) is 11.3 Å². The lowest BCUT2D eigenvalue weighted by molar-refractivity contribution is 0.317. The third kappa shape index (κ3) is 3.07. The van der Waals surface area contributed by atoms with Crippen LogP contribution in [-0.4, -0.2) is 6.61 Å².